The Hall–Kier alpha value is -3.28. The summed E-state index contributed by atoms with van der Waals surface area (Å²) in [5.74, 6) is -0.0401. The van der Waals surface area contributed by atoms with Gasteiger partial charge in [-0.1, -0.05) is 36.4 Å². The Balaban J connectivity index is 1.45. The number of anilines is 2. The van der Waals surface area contributed by atoms with Gasteiger partial charge in [-0.05, 0) is 24.1 Å². The minimum atomic E-state index is -0.278. The van der Waals surface area contributed by atoms with E-state index in [1.54, 1.807) is 23.1 Å². The number of nitrogens with one attached hydrogen (secondary N) is 1. The molecule has 0 bridgehead atoms. The Morgan fingerprint density at radius 3 is 2.62 bits per heavy atom. The molecule has 1 amide bonds. The maximum Gasteiger partial charge on any atom is 0.261 e. The van der Waals surface area contributed by atoms with Crippen molar-refractivity contribution in [1.82, 2.24) is 9.97 Å². The maximum atomic E-state index is 13.6. The molecule has 130 valence electrons. The van der Waals surface area contributed by atoms with Gasteiger partial charge in [-0.15, -0.1) is 0 Å². The number of hydrogen-bond donors (Lipinski definition) is 1. The Kier molecular flexibility index (Phi) is 4.31. The Morgan fingerprint density at radius 2 is 1.81 bits per heavy atom. The highest BCUT2D eigenvalue weighted by Gasteiger charge is 2.25. The fourth-order valence-electron chi connectivity index (χ4n) is 3.05. The van der Waals surface area contributed by atoms with Gasteiger partial charge in [0.1, 0.15) is 5.82 Å². The summed E-state index contributed by atoms with van der Waals surface area (Å²) < 4.78 is 13.6. The molecule has 0 saturated heterocycles. The number of hydrogen-bond acceptors (Lipinski definition) is 4. The van der Waals surface area contributed by atoms with Crippen LogP contribution < -0.4 is 10.2 Å². The van der Waals surface area contributed by atoms with Crippen molar-refractivity contribution in [3.05, 3.63) is 83.4 Å². The zero-order valence-electron chi connectivity index (χ0n) is 14.0. The van der Waals surface area contributed by atoms with Crippen molar-refractivity contribution >= 4 is 17.5 Å². The number of fused-ring (bicyclic) bond motifs is 1. The number of carbonyl (C=O) groups excluding carboxylic acids is 1. The topological polar surface area (TPSA) is 58.1 Å². The van der Waals surface area contributed by atoms with Crippen molar-refractivity contribution in [3.63, 3.8) is 0 Å². The lowest BCUT2D eigenvalue weighted by molar-refractivity contribution is 0.0988. The predicted octanol–water partition coefficient (Wildman–Crippen LogP) is 3.43. The van der Waals surface area contributed by atoms with Crippen LogP contribution in [0.2, 0.25) is 0 Å². The van der Waals surface area contributed by atoms with Gasteiger partial charge in [0, 0.05) is 36.7 Å². The van der Waals surface area contributed by atoms with Gasteiger partial charge < -0.3 is 10.2 Å². The molecular formula is C20H17FN4O. The molecule has 6 heteroatoms. The molecule has 0 radical (unpaired) electrons. The van der Waals surface area contributed by atoms with Crippen LogP contribution in [0.25, 0.3) is 0 Å². The third-order valence-corrected chi connectivity index (χ3v) is 4.43. The first-order valence-corrected chi connectivity index (χ1v) is 8.41. The van der Waals surface area contributed by atoms with Crippen LogP contribution >= 0.6 is 0 Å². The molecule has 5 nitrogen and oxygen atoms in total. The molecule has 0 fully saturated rings. The standard InChI is InChI=1S/C20H17FN4O/c21-17-7-3-1-6-15(17)11-22-20-23-12-16(13-24-20)19(26)25-10-9-14-5-2-4-8-18(14)25/h1-8,12-13H,9-11H2,(H,22,23,24). The molecule has 0 saturated carbocycles. The zero-order chi connectivity index (χ0) is 17.9. The molecule has 1 aliphatic rings. The minimum absolute atomic E-state index is 0.115. The van der Waals surface area contributed by atoms with E-state index in [0.29, 0.717) is 23.6 Å². The Morgan fingerprint density at radius 1 is 1.08 bits per heavy atom. The average molecular weight is 348 g/mol. The summed E-state index contributed by atoms with van der Waals surface area (Å²) in [6.07, 6.45) is 3.85. The molecular weight excluding hydrogens is 331 g/mol. The van der Waals surface area contributed by atoms with Gasteiger partial charge >= 0.3 is 0 Å². The van der Waals surface area contributed by atoms with E-state index in [1.807, 2.05) is 24.3 Å². The van der Waals surface area contributed by atoms with Gasteiger partial charge in [-0.2, -0.15) is 0 Å². The first-order chi connectivity index (χ1) is 12.7. The number of amides is 1. The van der Waals surface area contributed by atoms with E-state index in [1.165, 1.54) is 24.0 Å². The molecule has 0 unspecified atom stereocenters. The van der Waals surface area contributed by atoms with Crippen LogP contribution in [0.4, 0.5) is 16.0 Å². The molecule has 1 aliphatic heterocycles. The normalized spacial score (nSPS) is 12.7. The number of para-hydroxylation sites is 1. The van der Waals surface area contributed by atoms with Crippen molar-refractivity contribution in [2.24, 2.45) is 0 Å². The van der Waals surface area contributed by atoms with E-state index >= 15 is 0 Å². The first kappa shape index (κ1) is 16.2. The highest BCUT2D eigenvalue weighted by molar-refractivity contribution is 6.06. The highest BCUT2D eigenvalue weighted by atomic mass is 19.1. The summed E-state index contributed by atoms with van der Waals surface area (Å²) in [4.78, 5) is 22.8. The van der Waals surface area contributed by atoms with Gasteiger partial charge in [0.05, 0.1) is 5.56 Å². The first-order valence-electron chi connectivity index (χ1n) is 8.41. The van der Waals surface area contributed by atoms with Crippen LogP contribution in [0.1, 0.15) is 21.5 Å². The molecule has 2 aromatic carbocycles. The second-order valence-electron chi connectivity index (χ2n) is 6.08. The summed E-state index contributed by atoms with van der Waals surface area (Å²) >= 11 is 0. The van der Waals surface area contributed by atoms with Crippen LogP contribution in [0.3, 0.4) is 0 Å². The van der Waals surface area contributed by atoms with E-state index in [0.717, 1.165) is 12.1 Å². The number of carbonyl (C=O) groups is 1. The number of aromatic nitrogens is 2. The molecule has 2 heterocycles. The van der Waals surface area contributed by atoms with Gasteiger partial charge in [0.15, 0.2) is 0 Å². The summed E-state index contributed by atoms with van der Waals surface area (Å²) in [5, 5.41) is 2.97. The Labute approximate surface area is 150 Å². The summed E-state index contributed by atoms with van der Waals surface area (Å²) in [6.45, 7) is 0.935. The maximum absolute atomic E-state index is 13.6. The average Bonchev–Trinajstić information content (AvgIpc) is 3.11. The number of halogens is 1. The zero-order valence-corrected chi connectivity index (χ0v) is 14.0. The second-order valence-corrected chi connectivity index (χ2v) is 6.08. The number of benzene rings is 2. The molecule has 0 aliphatic carbocycles. The Bertz CT molecular complexity index is 943. The van der Waals surface area contributed by atoms with E-state index in [9.17, 15) is 9.18 Å². The van der Waals surface area contributed by atoms with Gasteiger partial charge in [0.2, 0.25) is 5.95 Å². The largest absolute Gasteiger partial charge is 0.350 e. The molecule has 0 spiro atoms. The van der Waals surface area contributed by atoms with E-state index in [4.69, 9.17) is 0 Å². The lowest BCUT2D eigenvalue weighted by atomic mass is 10.2. The molecule has 4 rings (SSSR count). The minimum Gasteiger partial charge on any atom is -0.350 e. The lowest BCUT2D eigenvalue weighted by Gasteiger charge is -2.17. The van der Waals surface area contributed by atoms with Crippen molar-refractivity contribution < 1.29 is 9.18 Å². The van der Waals surface area contributed by atoms with Crippen LogP contribution in [0.5, 0.6) is 0 Å². The number of rotatable bonds is 4. The van der Waals surface area contributed by atoms with Crippen LogP contribution in [-0.4, -0.2) is 22.4 Å². The van der Waals surface area contributed by atoms with Crippen molar-refractivity contribution in [3.8, 4) is 0 Å². The summed E-state index contributed by atoms with van der Waals surface area (Å²) in [7, 11) is 0. The molecule has 1 aromatic heterocycles. The fraction of sp³-hybridized carbons (Fsp3) is 0.150. The smallest absolute Gasteiger partial charge is 0.261 e. The summed E-state index contributed by atoms with van der Waals surface area (Å²) in [5.41, 5.74) is 3.08. The molecule has 26 heavy (non-hydrogen) atoms. The summed E-state index contributed by atoms with van der Waals surface area (Å²) in [6, 6.07) is 14.4. The van der Waals surface area contributed by atoms with E-state index < -0.39 is 0 Å². The van der Waals surface area contributed by atoms with Gasteiger partial charge in [-0.25, -0.2) is 14.4 Å². The van der Waals surface area contributed by atoms with Crippen molar-refractivity contribution in [2.45, 2.75) is 13.0 Å². The lowest BCUT2D eigenvalue weighted by Crippen LogP contribution is -2.29. The second kappa shape index (κ2) is 6.92. The van der Waals surface area contributed by atoms with Crippen molar-refractivity contribution in [2.75, 3.05) is 16.8 Å². The van der Waals surface area contributed by atoms with Crippen molar-refractivity contribution in [1.29, 1.82) is 0 Å². The van der Waals surface area contributed by atoms with Crippen LogP contribution in [-0.2, 0) is 13.0 Å². The van der Waals surface area contributed by atoms with Crippen LogP contribution in [0, 0.1) is 5.82 Å². The van der Waals surface area contributed by atoms with E-state index in [-0.39, 0.29) is 18.3 Å². The number of nitrogens with zero attached hydrogens (tertiary/aromatic N) is 3. The fourth-order valence-corrected chi connectivity index (χ4v) is 3.05. The quantitative estimate of drug-likeness (QED) is 0.785. The van der Waals surface area contributed by atoms with Gasteiger partial charge in [-0.3, -0.25) is 4.79 Å². The monoisotopic (exact) mass is 348 g/mol. The third kappa shape index (κ3) is 3.13. The van der Waals surface area contributed by atoms with E-state index in [2.05, 4.69) is 15.3 Å². The molecule has 1 N–H and O–H groups in total. The highest BCUT2D eigenvalue weighted by Crippen LogP contribution is 2.28. The van der Waals surface area contributed by atoms with Gasteiger partial charge in [0.25, 0.3) is 5.91 Å². The SMILES string of the molecule is O=C(c1cnc(NCc2ccccc2F)nc1)N1CCc2ccccc21. The molecule has 3 aromatic rings. The third-order valence-electron chi connectivity index (χ3n) is 4.43. The molecule has 0 atom stereocenters. The predicted molar refractivity (Wildman–Crippen MR) is 97.6 cm³/mol. The van der Waals surface area contributed by atoms with Crippen LogP contribution in [0.15, 0.2) is 60.9 Å².